The van der Waals surface area contributed by atoms with Crippen LogP contribution in [0.25, 0.3) is 0 Å². The minimum atomic E-state index is 0.0808. The molecule has 1 amide bonds. The molecule has 4 heteroatoms. The molecule has 1 aliphatic carbocycles. The van der Waals surface area contributed by atoms with Crippen molar-refractivity contribution in [1.82, 2.24) is 5.32 Å². The molecule has 1 aromatic heterocycles. The summed E-state index contributed by atoms with van der Waals surface area (Å²) in [5.74, 6) is 0.0808. The van der Waals surface area contributed by atoms with Gasteiger partial charge in [-0.1, -0.05) is 12.8 Å². The number of hydrogen-bond acceptors (Lipinski definition) is 3. The summed E-state index contributed by atoms with van der Waals surface area (Å²) in [7, 11) is 0. The van der Waals surface area contributed by atoms with Crippen LogP contribution in [0.15, 0.2) is 6.07 Å². The monoisotopic (exact) mass is 293 g/mol. The highest BCUT2D eigenvalue weighted by molar-refractivity contribution is 7.14. The van der Waals surface area contributed by atoms with E-state index < -0.39 is 0 Å². The van der Waals surface area contributed by atoms with Crippen LogP contribution in [-0.4, -0.2) is 25.2 Å². The molecule has 0 saturated carbocycles. The van der Waals surface area contributed by atoms with E-state index in [1.807, 2.05) is 0 Å². The lowest BCUT2D eigenvalue weighted by molar-refractivity contribution is 0.0861. The third kappa shape index (κ3) is 3.41. The summed E-state index contributed by atoms with van der Waals surface area (Å²) < 4.78 is 5.54. The van der Waals surface area contributed by atoms with Gasteiger partial charge in [-0.15, -0.1) is 11.3 Å². The lowest BCUT2D eigenvalue weighted by Crippen LogP contribution is -2.31. The van der Waals surface area contributed by atoms with E-state index in [0.29, 0.717) is 6.54 Å². The maximum atomic E-state index is 12.2. The van der Waals surface area contributed by atoms with Crippen molar-refractivity contribution in [1.29, 1.82) is 0 Å². The molecule has 20 heavy (non-hydrogen) atoms. The van der Waals surface area contributed by atoms with Gasteiger partial charge in [-0.2, -0.15) is 0 Å². The third-order valence-electron chi connectivity index (χ3n) is 4.23. The maximum Gasteiger partial charge on any atom is 0.261 e. The number of aryl methyl sites for hydroxylation is 2. The smallest absolute Gasteiger partial charge is 0.261 e. The van der Waals surface area contributed by atoms with Crippen LogP contribution in [0.4, 0.5) is 0 Å². The lowest BCUT2D eigenvalue weighted by Gasteiger charge is -2.09. The summed E-state index contributed by atoms with van der Waals surface area (Å²) in [6.45, 7) is 1.50. The summed E-state index contributed by atoms with van der Waals surface area (Å²) in [6.07, 6.45) is 9.90. The molecule has 2 aliphatic rings. The molecule has 0 unspecified atom stereocenters. The predicted molar refractivity (Wildman–Crippen MR) is 81.5 cm³/mol. The molecule has 0 bridgehead atoms. The molecule has 1 aliphatic heterocycles. The first kappa shape index (κ1) is 14.1. The molecule has 110 valence electrons. The normalized spacial score (nSPS) is 22.9. The maximum absolute atomic E-state index is 12.2. The first-order valence-electron chi connectivity index (χ1n) is 7.84. The van der Waals surface area contributed by atoms with E-state index in [1.165, 1.54) is 36.1 Å². The van der Waals surface area contributed by atoms with Crippen molar-refractivity contribution in [3.63, 3.8) is 0 Å². The van der Waals surface area contributed by atoms with Crippen molar-refractivity contribution >= 4 is 17.2 Å². The molecule has 3 nitrogen and oxygen atoms in total. The minimum absolute atomic E-state index is 0.0808. The SMILES string of the molecule is O=C(NC[C@H]1CCCO1)c1cc2c(s1)CCCCCC2. The number of carbonyl (C=O) groups is 1. The fourth-order valence-electron chi connectivity index (χ4n) is 3.06. The molecule has 1 N–H and O–H groups in total. The van der Waals surface area contributed by atoms with Crippen LogP contribution in [-0.2, 0) is 17.6 Å². The Balaban J connectivity index is 1.60. The summed E-state index contributed by atoms with van der Waals surface area (Å²) in [6, 6.07) is 2.12. The van der Waals surface area contributed by atoms with Crippen LogP contribution >= 0.6 is 11.3 Å². The second kappa shape index (κ2) is 6.72. The van der Waals surface area contributed by atoms with Crippen molar-refractivity contribution in [2.24, 2.45) is 0 Å². The van der Waals surface area contributed by atoms with Crippen molar-refractivity contribution in [2.75, 3.05) is 13.2 Å². The summed E-state index contributed by atoms with van der Waals surface area (Å²) in [4.78, 5) is 14.6. The van der Waals surface area contributed by atoms with Crippen molar-refractivity contribution in [3.05, 3.63) is 21.4 Å². The van der Waals surface area contributed by atoms with E-state index in [-0.39, 0.29) is 12.0 Å². The number of carbonyl (C=O) groups excluding carboxylic acids is 1. The van der Waals surface area contributed by atoms with Gasteiger partial charge in [-0.3, -0.25) is 4.79 Å². The van der Waals surface area contributed by atoms with Crippen LogP contribution in [0.5, 0.6) is 0 Å². The largest absolute Gasteiger partial charge is 0.376 e. The zero-order valence-electron chi connectivity index (χ0n) is 12.0. The lowest BCUT2D eigenvalue weighted by atomic mass is 10.00. The van der Waals surface area contributed by atoms with Gasteiger partial charge >= 0.3 is 0 Å². The number of rotatable bonds is 3. The van der Waals surface area contributed by atoms with E-state index in [0.717, 1.165) is 37.2 Å². The van der Waals surface area contributed by atoms with E-state index in [9.17, 15) is 4.79 Å². The fraction of sp³-hybridized carbons (Fsp3) is 0.688. The highest BCUT2D eigenvalue weighted by Crippen LogP contribution is 2.28. The Kier molecular flexibility index (Phi) is 4.73. The summed E-state index contributed by atoms with van der Waals surface area (Å²) in [5.41, 5.74) is 1.41. The van der Waals surface area contributed by atoms with E-state index in [4.69, 9.17) is 4.74 Å². The summed E-state index contributed by atoms with van der Waals surface area (Å²) in [5, 5.41) is 3.03. The number of amides is 1. The number of thiophene rings is 1. The number of hydrogen-bond donors (Lipinski definition) is 1. The van der Waals surface area contributed by atoms with Gasteiger partial charge in [0.25, 0.3) is 5.91 Å². The molecule has 2 heterocycles. The number of ether oxygens (including phenoxy) is 1. The van der Waals surface area contributed by atoms with Gasteiger partial charge in [0.15, 0.2) is 0 Å². The topological polar surface area (TPSA) is 38.3 Å². The molecule has 3 rings (SSSR count). The molecule has 0 aromatic carbocycles. The molecule has 1 aromatic rings. The van der Waals surface area contributed by atoms with Crippen LogP contribution in [0.2, 0.25) is 0 Å². The van der Waals surface area contributed by atoms with Gasteiger partial charge in [0.1, 0.15) is 0 Å². The first-order chi connectivity index (χ1) is 9.83. The zero-order valence-corrected chi connectivity index (χ0v) is 12.8. The molecule has 1 fully saturated rings. The Morgan fingerprint density at radius 2 is 2.10 bits per heavy atom. The molecular formula is C16H23NO2S. The number of nitrogens with one attached hydrogen (secondary N) is 1. The van der Waals surface area contributed by atoms with E-state index in [2.05, 4.69) is 11.4 Å². The Morgan fingerprint density at radius 1 is 1.25 bits per heavy atom. The molecule has 0 radical (unpaired) electrons. The van der Waals surface area contributed by atoms with Crippen molar-refractivity contribution in [3.8, 4) is 0 Å². The van der Waals surface area contributed by atoms with Crippen LogP contribution in [0.1, 0.15) is 58.6 Å². The van der Waals surface area contributed by atoms with Gasteiger partial charge in [0, 0.05) is 18.0 Å². The first-order valence-corrected chi connectivity index (χ1v) is 8.66. The predicted octanol–water partition coefficient (Wildman–Crippen LogP) is 3.32. The van der Waals surface area contributed by atoms with Crippen LogP contribution in [0, 0.1) is 0 Å². The summed E-state index contributed by atoms with van der Waals surface area (Å²) >= 11 is 1.70. The second-order valence-corrected chi connectivity index (χ2v) is 6.96. The minimum Gasteiger partial charge on any atom is -0.376 e. The Hall–Kier alpha value is -0.870. The van der Waals surface area contributed by atoms with Crippen molar-refractivity contribution in [2.45, 2.75) is 57.5 Å². The van der Waals surface area contributed by atoms with Gasteiger partial charge < -0.3 is 10.1 Å². The standard InChI is InChI=1S/C16H23NO2S/c18-16(17-11-13-7-5-9-19-13)15-10-12-6-3-1-2-4-8-14(12)20-15/h10,13H,1-9,11H2,(H,17,18)/t13-/m1/s1. The van der Waals surface area contributed by atoms with Crippen LogP contribution in [0.3, 0.4) is 0 Å². The quantitative estimate of drug-likeness (QED) is 0.928. The Morgan fingerprint density at radius 3 is 2.90 bits per heavy atom. The Labute approximate surface area is 124 Å². The highest BCUT2D eigenvalue weighted by atomic mass is 32.1. The van der Waals surface area contributed by atoms with Gasteiger partial charge in [0.05, 0.1) is 11.0 Å². The van der Waals surface area contributed by atoms with E-state index >= 15 is 0 Å². The fourth-order valence-corrected chi connectivity index (χ4v) is 4.23. The molecular weight excluding hydrogens is 270 g/mol. The molecule has 1 atom stereocenters. The van der Waals surface area contributed by atoms with Gasteiger partial charge in [-0.25, -0.2) is 0 Å². The molecule has 1 saturated heterocycles. The van der Waals surface area contributed by atoms with Crippen LogP contribution < -0.4 is 5.32 Å². The van der Waals surface area contributed by atoms with Gasteiger partial charge in [0.2, 0.25) is 0 Å². The van der Waals surface area contributed by atoms with E-state index in [1.54, 1.807) is 11.3 Å². The Bertz CT molecular complexity index is 438. The second-order valence-electron chi connectivity index (χ2n) is 5.82. The van der Waals surface area contributed by atoms with Gasteiger partial charge in [-0.05, 0) is 50.2 Å². The zero-order chi connectivity index (χ0) is 13.8. The average molecular weight is 293 g/mol. The average Bonchev–Trinajstić information content (AvgIpc) is 3.06. The third-order valence-corrected chi connectivity index (χ3v) is 5.47. The van der Waals surface area contributed by atoms with Crippen molar-refractivity contribution < 1.29 is 9.53 Å². The molecule has 0 spiro atoms. The highest BCUT2D eigenvalue weighted by Gasteiger charge is 2.19. The number of fused-ring (bicyclic) bond motifs is 1.